The van der Waals surface area contributed by atoms with E-state index in [4.69, 9.17) is 22.4 Å². The molecule has 5 nitrogen and oxygen atoms in total. The predicted molar refractivity (Wildman–Crippen MR) is 81.5 cm³/mol. The lowest BCUT2D eigenvalue weighted by atomic mass is 9.78. The van der Waals surface area contributed by atoms with Gasteiger partial charge in [-0.25, -0.2) is 4.79 Å². The number of amides is 1. The van der Waals surface area contributed by atoms with E-state index in [1.807, 2.05) is 0 Å². The van der Waals surface area contributed by atoms with Crippen molar-refractivity contribution in [1.29, 1.82) is 0 Å². The van der Waals surface area contributed by atoms with Crippen molar-refractivity contribution in [1.82, 2.24) is 0 Å². The molecule has 0 aromatic heterocycles. The van der Waals surface area contributed by atoms with Gasteiger partial charge < -0.3 is 16.2 Å². The Balaban J connectivity index is 2.15. The van der Waals surface area contributed by atoms with Crippen LogP contribution in [0.3, 0.4) is 0 Å². The zero-order valence-electron chi connectivity index (χ0n) is 11.6. The molecule has 0 radical (unpaired) electrons. The standard InChI is InChI=1S/C15H19ClN2O3/c16-12-6-5-9(15(20)21)7-13(12)18-14(19)11-4-2-1-3-10(11)8-17/h5-7,10-11H,1-4,8,17H2,(H,18,19)(H,20,21). The van der Waals surface area contributed by atoms with Gasteiger partial charge >= 0.3 is 5.97 Å². The SMILES string of the molecule is NCC1CCCCC1C(=O)Nc1cc(C(=O)O)ccc1Cl. The Kier molecular flexibility index (Phi) is 5.20. The molecule has 4 N–H and O–H groups in total. The van der Waals surface area contributed by atoms with Crippen LogP contribution >= 0.6 is 11.6 Å². The van der Waals surface area contributed by atoms with E-state index in [9.17, 15) is 9.59 Å². The highest BCUT2D eigenvalue weighted by atomic mass is 35.5. The van der Waals surface area contributed by atoms with Crippen molar-refractivity contribution in [3.8, 4) is 0 Å². The van der Waals surface area contributed by atoms with Crippen molar-refractivity contribution in [2.75, 3.05) is 11.9 Å². The fourth-order valence-corrected chi connectivity index (χ4v) is 2.98. The fourth-order valence-electron chi connectivity index (χ4n) is 2.81. The Labute approximate surface area is 128 Å². The van der Waals surface area contributed by atoms with E-state index in [1.54, 1.807) is 0 Å². The monoisotopic (exact) mass is 310 g/mol. The summed E-state index contributed by atoms with van der Waals surface area (Å²) in [7, 11) is 0. The first-order valence-electron chi connectivity index (χ1n) is 7.06. The number of carbonyl (C=O) groups is 2. The quantitative estimate of drug-likeness (QED) is 0.797. The first-order chi connectivity index (χ1) is 10.0. The van der Waals surface area contributed by atoms with Gasteiger partial charge in [0.15, 0.2) is 0 Å². The molecule has 1 aromatic rings. The first-order valence-corrected chi connectivity index (χ1v) is 7.44. The topological polar surface area (TPSA) is 92.4 Å². The molecular formula is C15H19ClN2O3. The molecule has 2 unspecified atom stereocenters. The lowest BCUT2D eigenvalue weighted by Gasteiger charge is -2.29. The smallest absolute Gasteiger partial charge is 0.335 e. The third-order valence-corrected chi connectivity index (χ3v) is 4.35. The van der Waals surface area contributed by atoms with Gasteiger partial charge in [-0.15, -0.1) is 0 Å². The average Bonchev–Trinajstić information content (AvgIpc) is 2.49. The van der Waals surface area contributed by atoms with Crippen LogP contribution in [-0.2, 0) is 4.79 Å². The van der Waals surface area contributed by atoms with E-state index >= 15 is 0 Å². The number of carboxylic acids is 1. The molecule has 114 valence electrons. The lowest BCUT2D eigenvalue weighted by Crippen LogP contribution is -2.35. The molecule has 0 heterocycles. The first kappa shape index (κ1) is 15.8. The molecule has 1 saturated carbocycles. The maximum absolute atomic E-state index is 12.4. The number of carbonyl (C=O) groups excluding carboxylic acids is 1. The van der Waals surface area contributed by atoms with Crippen LogP contribution in [0.2, 0.25) is 5.02 Å². The Morgan fingerprint density at radius 1 is 1.33 bits per heavy atom. The number of nitrogens with one attached hydrogen (secondary N) is 1. The molecule has 2 rings (SSSR count). The minimum absolute atomic E-state index is 0.0914. The van der Waals surface area contributed by atoms with Crippen molar-refractivity contribution < 1.29 is 14.7 Å². The van der Waals surface area contributed by atoms with Gasteiger partial charge in [-0.1, -0.05) is 24.4 Å². The molecule has 6 heteroatoms. The highest BCUT2D eigenvalue weighted by Gasteiger charge is 2.30. The number of hydrogen-bond acceptors (Lipinski definition) is 3. The average molecular weight is 311 g/mol. The summed E-state index contributed by atoms with van der Waals surface area (Å²) in [4.78, 5) is 23.4. The lowest BCUT2D eigenvalue weighted by molar-refractivity contribution is -0.122. The van der Waals surface area contributed by atoms with Gasteiger partial charge in [-0.2, -0.15) is 0 Å². The van der Waals surface area contributed by atoms with Crippen LogP contribution in [0.5, 0.6) is 0 Å². The number of carboxylic acid groups (broad SMARTS) is 1. The summed E-state index contributed by atoms with van der Waals surface area (Å²) >= 11 is 6.02. The molecule has 1 fully saturated rings. The summed E-state index contributed by atoms with van der Waals surface area (Å²) in [5.74, 6) is -1.14. The molecule has 2 atom stereocenters. The summed E-state index contributed by atoms with van der Waals surface area (Å²) in [6, 6.07) is 4.26. The van der Waals surface area contributed by atoms with E-state index in [0.29, 0.717) is 17.3 Å². The van der Waals surface area contributed by atoms with Crippen LogP contribution in [0.4, 0.5) is 5.69 Å². The summed E-state index contributed by atoms with van der Waals surface area (Å²) in [6.07, 6.45) is 3.87. The largest absolute Gasteiger partial charge is 0.478 e. The normalized spacial score (nSPS) is 21.8. The Bertz CT molecular complexity index is 548. The highest BCUT2D eigenvalue weighted by Crippen LogP contribution is 2.31. The number of halogens is 1. The number of hydrogen-bond donors (Lipinski definition) is 3. The molecule has 21 heavy (non-hydrogen) atoms. The Morgan fingerprint density at radius 2 is 2.05 bits per heavy atom. The van der Waals surface area contributed by atoms with E-state index in [2.05, 4.69) is 5.32 Å². The molecule has 1 aliphatic carbocycles. The molecule has 1 aliphatic rings. The zero-order chi connectivity index (χ0) is 15.4. The molecule has 1 aromatic carbocycles. The number of benzene rings is 1. The van der Waals surface area contributed by atoms with E-state index < -0.39 is 5.97 Å². The fraction of sp³-hybridized carbons (Fsp3) is 0.467. The van der Waals surface area contributed by atoms with E-state index in [0.717, 1.165) is 25.7 Å². The molecule has 0 spiro atoms. The van der Waals surface area contributed by atoms with Crippen LogP contribution in [0.1, 0.15) is 36.0 Å². The number of rotatable bonds is 4. The molecule has 0 saturated heterocycles. The number of aromatic carboxylic acids is 1. The molecular weight excluding hydrogens is 292 g/mol. The van der Waals surface area contributed by atoms with Crippen LogP contribution in [0, 0.1) is 11.8 Å². The summed E-state index contributed by atoms with van der Waals surface area (Å²) in [5, 5.41) is 12.1. The van der Waals surface area contributed by atoms with Gasteiger partial charge in [0.05, 0.1) is 16.3 Å². The van der Waals surface area contributed by atoms with Gasteiger partial charge in [-0.3, -0.25) is 4.79 Å². The van der Waals surface area contributed by atoms with Crippen molar-refractivity contribution >= 4 is 29.2 Å². The van der Waals surface area contributed by atoms with Crippen molar-refractivity contribution in [2.24, 2.45) is 17.6 Å². The predicted octanol–water partition coefficient (Wildman–Crippen LogP) is 2.74. The molecule has 1 amide bonds. The van der Waals surface area contributed by atoms with Crippen molar-refractivity contribution in [3.05, 3.63) is 28.8 Å². The minimum atomic E-state index is -1.06. The molecule has 0 aliphatic heterocycles. The van der Waals surface area contributed by atoms with Crippen LogP contribution < -0.4 is 11.1 Å². The highest BCUT2D eigenvalue weighted by molar-refractivity contribution is 6.33. The Morgan fingerprint density at radius 3 is 2.71 bits per heavy atom. The van der Waals surface area contributed by atoms with Crippen molar-refractivity contribution in [3.63, 3.8) is 0 Å². The third kappa shape index (κ3) is 3.74. The van der Waals surface area contributed by atoms with Gasteiger partial charge in [0.25, 0.3) is 0 Å². The summed E-state index contributed by atoms with van der Waals surface area (Å²) in [6.45, 7) is 0.487. The maximum atomic E-state index is 12.4. The molecule has 0 bridgehead atoms. The Hall–Kier alpha value is -1.59. The second-order valence-electron chi connectivity index (χ2n) is 5.38. The van der Waals surface area contributed by atoms with Crippen molar-refractivity contribution in [2.45, 2.75) is 25.7 Å². The van der Waals surface area contributed by atoms with E-state index in [-0.39, 0.29) is 23.3 Å². The summed E-state index contributed by atoms with van der Waals surface area (Å²) in [5.41, 5.74) is 6.16. The summed E-state index contributed by atoms with van der Waals surface area (Å²) < 4.78 is 0. The number of nitrogens with two attached hydrogens (primary N) is 1. The van der Waals surface area contributed by atoms with Gasteiger partial charge in [0, 0.05) is 5.92 Å². The van der Waals surface area contributed by atoms with E-state index in [1.165, 1.54) is 18.2 Å². The van der Waals surface area contributed by atoms with Gasteiger partial charge in [-0.05, 0) is 43.5 Å². The maximum Gasteiger partial charge on any atom is 0.335 e. The van der Waals surface area contributed by atoms with Crippen LogP contribution in [0.25, 0.3) is 0 Å². The minimum Gasteiger partial charge on any atom is -0.478 e. The van der Waals surface area contributed by atoms with Crippen LogP contribution in [0.15, 0.2) is 18.2 Å². The second-order valence-corrected chi connectivity index (χ2v) is 5.78. The van der Waals surface area contributed by atoms with Gasteiger partial charge in [0.2, 0.25) is 5.91 Å². The van der Waals surface area contributed by atoms with Crippen LogP contribution in [-0.4, -0.2) is 23.5 Å². The third-order valence-electron chi connectivity index (χ3n) is 4.02. The van der Waals surface area contributed by atoms with Gasteiger partial charge in [0.1, 0.15) is 0 Å². The number of anilines is 1. The zero-order valence-corrected chi connectivity index (χ0v) is 12.4. The second kappa shape index (κ2) is 6.91.